The highest BCUT2D eigenvalue weighted by atomic mass is 16.5. The molecule has 1 N–H and O–H groups in total. The normalized spacial score (nSPS) is 12.2. The van der Waals surface area contributed by atoms with E-state index in [4.69, 9.17) is 4.74 Å². The maximum atomic E-state index is 9.71. The molecule has 18 heavy (non-hydrogen) atoms. The fourth-order valence-electron chi connectivity index (χ4n) is 2.04. The average Bonchev–Trinajstić information content (AvgIpc) is 2.27. The molecule has 0 radical (unpaired) electrons. The van der Waals surface area contributed by atoms with Crippen molar-refractivity contribution in [2.45, 2.75) is 26.9 Å². The number of para-hydroxylation sites is 1. The molecule has 2 aromatic carbocycles. The minimum absolute atomic E-state index is 0.535. The third-order valence-corrected chi connectivity index (χ3v) is 2.79. The first-order valence-corrected chi connectivity index (χ1v) is 6.09. The van der Waals surface area contributed by atoms with Crippen molar-refractivity contribution in [3.8, 4) is 11.5 Å². The van der Waals surface area contributed by atoms with Gasteiger partial charge in [0.15, 0.2) is 0 Å². The zero-order valence-corrected chi connectivity index (χ0v) is 11.0. The molecule has 0 amide bonds. The summed E-state index contributed by atoms with van der Waals surface area (Å²) in [7, 11) is 0. The van der Waals surface area contributed by atoms with Crippen LogP contribution in [-0.4, -0.2) is 5.11 Å². The van der Waals surface area contributed by atoms with Crippen molar-refractivity contribution < 1.29 is 9.84 Å². The van der Waals surface area contributed by atoms with Gasteiger partial charge in [0.05, 0.1) is 6.10 Å². The van der Waals surface area contributed by atoms with Crippen molar-refractivity contribution in [2.24, 2.45) is 0 Å². The lowest BCUT2D eigenvalue weighted by molar-refractivity contribution is 0.195. The van der Waals surface area contributed by atoms with Gasteiger partial charge in [-0.2, -0.15) is 0 Å². The van der Waals surface area contributed by atoms with Gasteiger partial charge in [-0.25, -0.2) is 0 Å². The second kappa shape index (κ2) is 5.23. The van der Waals surface area contributed by atoms with Crippen LogP contribution in [-0.2, 0) is 0 Å². The number of aryl methyl sites for hydroxylation is 2. The summed E-state index contributed by atoms with van der Waals surface area (Å²) >= 11 is 0. The summed E-state index contributed by atoms with van der Waals surface area (Å²) < 4.78 is 5.87. The summed E-state index contributed by atoms with van der Waals surface area (Å²) in [5, 5.41) is 9.71. The molecule has 0 aliphatic carbocycles. The van der Waals surface area contributed by atoms with E-state index in [0.717, 1.165) is 11.3 Å². The third kappa shape index (κ3) is 2.90. The Bertz CT molecular complexity index is 524. The van der Waals surface area contributed by atoms with Gasteiger partial charge < -0.3 is 9.84 Å². The largest absolute Gasteiger partial charge is 0.457 e. The van der Waals surface area contributed by atoms with Gasteiger partial charge in [0.1, 0.15) is 11.5 Å². The van der Waals surface area contributed by atoms with E-state index in [0.29, 0.717) is 5.75 Å². The minimum Gasteiger partial charge on any atom is -0.457 e. The van der Waals surface area contributed by atoms with E-state index < -0.39 is 6.10 Å². The fraction of sp³-hybridized carbons (Fsp3) is 0.250. The van der Waals surface area contributed by atoms with E-state index >= 15 is 0 Å². The summed E-state index contributed by atoms with van der Waals surface area (Å²) in [4.78, 5) is 0. The predicted octanol–water partition coefficient (Wildman–Crippen LogP) is 4.15. The summed E-state index contributed by atoms with van der Waals surface area (Å²) in [6.07, 6.45) is -0.535. The molecule has 2 rings (SSSR count). The van der Waals surface area contributed by atoms with Gasteiger partial charge in [-0.3, -0.25) is 0 Å². The number of aliphatic hydroxyl groups excluding tert-OH is 1. The molecule has 1 unspecified atom stereocenters. The van der Waals surface area contributed by atoms with Crippen LogP contribution in [0.4, 0.5) is 0 Å². The highest BCUT2D eigenvalue weighted by Crippen LogP contribution is 2.30. The summed E-state index contributed by atoms with van der Waals surface area (Å²) in [6, 6.07) is 13.6. The summed E-state index contributed by atoms with van der Waals surface area (Å²) in [6.45, 7) is 5.82. The number of rotatable bonds is 3. The summed E-state index contributed by atoms with van der Waals surface area (Å²) in [5.41, 5.74) is 3.13. The maximum absolute atomic E-state index is 9.71. The average molecular weight is 242 g/mol. The number of hydrogen-bond donors (Lipinski definition) is 1. The Morgan fingerprint density at radius 3 is 2.22 bits per heavy atom. The van der Waals surface area contributed by atoms with Gasteiger partial charge in [0.2, 0.25) is 0 Å². The first-order valence-electron chi connectivity index (χ1n) is 6.09. The number of benzene rings is 2. The molecule has 0 saturated carbocycles. The lowest BCUT2D eigenvalue weighted by Gasteiger charge is -2.13. The van der Waals surface area contributed by atoms with Crippen molar-refractivity contribution in [1.82, 2.24) is 0 Å². The Morgan fingerprint density at radius 2 is 1.61 bits per heavy atom. The molecule has 0 aliphatic rings. The second-order valence-electron chi connectivity index (χ2n) is 4.64. The third-order valence-electron chi connectivity index (χ3n) is 2.79. The number of ether oxygens (including phenoxy) is 1. The lowest BCUT2D eigenvalue weighted by atomic mass is 10.1. The zero-order valence-electron chi connectivity index (χ0n) is 11.0. The second-order valence-corrected chi connectivity index (χ2v) is 4.64. The van der Waals surface area contributed by atoms with E-state index in [9.17, 15) is 5.11 Å². The Morgan fingerprint density at radius 1 is 1.00 bits per heavy atom. The van der Waals surface area contributed by atoms with Crippen LogP contribution in [0.15, 0.2) is 42.5 Å². The van der Waals surface area contributed by atoms with Crippen molar-refractivity contribution in [3.05, 3.63) is 59.2 Å². The Hall–Kier alpha value is -1.80. The molecule has 0 aliphatic heterocycles. The van der Waals surface area contributed by atoms with E-state index in [1.165, 1.54) is 11.1 Å². The molecule has 94 valence electrons. The zero-order chi connectivity index (χ0) is 13.1. The van der Waals surface area contributed by atoms with Crippen molar-refractivity contribution in [1.29, 1.82) is 0 Å². The smallest absolute Gasteiger partial charge is 0.133 e. The molecular formula is C16H18O2. The van der Waals surface area contributed by atoms with E-state index in [1.54, 1.807) is 6.92 Å². The van der Waals surface area contributed by atoms with Crippen LogP contribution >= 0.6 is 0 Å². The molecular weight excluding hydrogens is 224 g/mol. The van der Waals surface area contributed by atoms with E-state index in [1.807, 2.05) is 50.2 Å². The van der Waals surface area contributed by atoms with Gasteiger partial charge >= 0.3 is 0 Å². The van der Waals surface area contributed by atoms with Gasteiger partial charge in [0.25, 0.3) is 0 Å². The number of aliphatic hydroxyl groups is 1. The SMILES string of the molecule is Cc1cc(C)cc(Oc2ccccc2C(C)O)c1. The Balaban J connectivity index is 2.34. The lowest BCUT2D eigenvalue weighted by Crippen LogP contribution is -1.96. The molecule has 0 bridgehead atoms. The molecule has 2 aromatic rings. The Kier molecular flexibility index (Phi) is 3.68. The minimum atomic E-state index is -0.535. The topological polar surface area (TPSA) is 29.5 Å². The van der Waals surface area contributed by atoms with Crippen LogP contribution in [0.2, 0.25) is 0 Å². The first kappa shape index (κ1) is 12.7. The predicted molar refractivity (Wildman–Crippen MR) is 73.1 cm³/mol. The van der Waals surface area contributed by atoms with Crippen molar-refractivity contribution in [2.75, 3.05) is 0 Å². The monoisotopic (exact) mass is 242 g/mol. The van der Waals surface area contributed by atoms with Crippen LogP contribution in [0.3, 0.4) is 0 Å². The van der Waals surface area contributed by atoms with Gasteiger partial charge in [-0.1, -0.05) is 24.3 Å². The van der Waals surface area contributed by atoms with Crippen LogP contribution in [0.5, 0.6) is 11.5 Å². The van der Waals surface area contributed by atoms with Crippen molar-refractivity contribution >= 4 is 0 Å². The Labute approximate surface area is 108 Å². The molecule has 2 nitrogen and oxygen atoms in total. The fourth-order valence-corrected chi connectivity index (χ4v) is 2.04. The molecule has 0 heterocycles. The van der Waals surface area contributed by atoms with E-state index in [2.05, 4.69) is 6.07 Å². The maximum Gasteiger partial charge on any atom is 0.133 e. The quantitative estimate of drug-likeness (QED) is 0.876. The van der Waals surface area contributed by atoms with Gasteiger partial charge in [-0.15, -0.1) is 0 Å². The molecule has 0 fully saturated rings. The van der Waals surface area contributed by atoms with Crippen LogP contribution in [0, 0.1) is 13.8 Å². The van der Waals surface area contributed by atoms with E-state index in [-0.39, 0.29) is 0 Å². The van der Waals surface area contributed by atoms with Crippen molar-refractivity contribution in [3.63, 3.8) is 0 Å². The molecule has 0 spiro atoms. The van der Waals surface area contributed by atoms with Crippen LogP contribution in [0.25, 0.3) is 0 Å². The standard InChI is InChI=1S/C16H18O2/c1-11-8-12(2)10-14(9-11)18-16-7-5-4-6-15(16)13(3)17/h4-10,13,17H,1-3H3. The molecule has 2 heteroatoms. The molecule has 1 atom stereocenters. The number of hydrogen-bond acceptors (Lipinski definition) is 2. The summed E-state index contributed by atoms with van der Waals surface area (Å²) in [5.74, 6) is 1.51. The van der Waals surface area contributed by atoms with Crippen LogP contribution in [0.1, 0.15) is 29.7 Å². The van der Waals surface area contributed by atoms with Gasteiger partial charge in [0, 0.05) is 5.56 Å². The molecule has 0 aromatic heterocycles. The highest BCUT2D eigenvalue weighted by molar-refractivity contribution is 5.41. The molecule has 0 saturated heterocycles. The highest BCUT2D eigenvalue weighted by Gasteiger charge is 2.09. The first-order chi connectivity index (χ1) is 8.56. The van der Waals surface area contributed by atoms with Gasteiger partial charge in [-0.05, 0) is 50.1 Å². The van der Waals surface area contributed by atoms with Crippen LogP contribution < -0.4 is 4.74 Å².